The zero-order valence-corrected chi connectivity index (χ0v) is 8.03. The second-order valence-corrected chi connectivity index (χ2v) is 3.05. The highest BCUT2D eigenvalue weighted by molar-refractivity contribution is 6.31. The van der Waals surface area contributed by atoms with Gasteiger partial charge in [0.2, 0.25) is 0 Å². The maximum absolute atomic E-state index is 12.6. The van der Waals surface area contributed by atoms with Gasteiger partial charge in [0.25, 0.3) is 0 Å². The van der Waals surface area contributed by atoms with Crippen LogP contribution in [0.1, 0.15) is 18.5 Å². The van der Waals surface area contributed by atoms with Crippen LogP contribution in [-0.2, 0) is 9.59 Å². The number of rotatable bonds is 2. The van der Waals surface area contributed by atoms with Crippen molar-refractivity contribution in [1.29, 1.82) is 0 Å². The van der Waals surface area contributed by atoms with Gasteiger partial charge < -0.3 is 10.4 Å². The van der Waals surface area contributed by atoms with E-state index >= 15 is 0 Å². The Kier molecular flexibility index (Phi) is 3.38. The summed E-state index contributed by atoms with van der Waals surface area (Å²) in [6.07, 6.45) is 0. The Morgan fingerprint density at radius 3 is 2.33 bits per heavy atom. The van der Waals surface area contributed by atoms with E-state index in [9.17, 15) is 14.0 Å². The van der Waals surface area contributed by atoms with Crippen LogP contribution >= 0.6 is 0 Å². The van der Waals surface area contributed by atoms with Crippen LogP contribution in [0, 0.1) is 5.82 Å². The van der Waals surface area contributed by atoms with Crippen molar-refractivity contribution in [2.24, 2.45) is 0 Å². The van der Waals surface area contributed by atoms with Gasteiger partial charge in [-0.05, 0) is 24.6 Å². The fourth-order valence-electron chi connectivity index (χ4n) is 1.09. The van der Waals surface area contributed by atoms with E-state index in [0.29, 0.717) is 5.56 Å². The molecule has 0 aliphatic heterocycles. The highest BCUT2D eigenvalue weighted by Crippen LogP contribution is 2.12. The second kappa shape index (κ2) is 4.54. The van der Waals surface area contributed by atoms with Gasteiger partial charge in [-0.25, -0.2) is 9.18 Å². The molecule has 0 aromatic heterocycles. The molecule has 0 spiro atoms. The first-order valence-corrected chi connectivity index (χ1v) is 4.30. The number of halogens is 1. The van der Waals surface area contributed by atoms with Crippen molar-refractivity contribution < 1.29 is 19.1 Å². The predicted molar refractivity (Wildman–Crippen MR) is 50.6 cm³/mol. The SMILES string of the molecule is CC(NC(=O)C(=O)O)c1ccc(F)cc1. The fourth-order valence-corrected chi connectivity index (χ4v) is 1.09. The summed E-state index contributed by atoms with van der Waals surface area (Å²) < 4.78 is 12.6. The Balaban J connectivity index is 2.69. The van der Waals surface area contributed by atoms with Crippen LogP contribution in [0.5, 0.6) is 0 Å². The third-order valence-electron chi connectivity index (χ3n) is 1.91. The van der Waals surface area contributed by atoms with Gasteiger partial charge in [-0.1, -0.05) is 12.1 Å². The molecule has 0 bridgehead atoms. The normalized spacial score (nSPS) is 11.9. The summed E-state index contributed by atoms with van der Waals surface area (Å²) in [6.45, 7) is 1.62. The molecule has 80 valence electrons. The molecule has 0 radical (unpaired) electrons. The topological polar surface area (TPSA) is 66.4 Å². The molecule has 4 nitrogen and oxygen atoms in total. The van der Waals surface area contributed by atoms with Crippen molar-refractivity contribution in [3.63, 3.8) is 0 Å². The van der Waals surface area contributed by atoms with E-state index in [1.54, 1.807) is 6.92 Å². The summed E-state index contributed by atoms with van der Waals surface area (Å²) in [5.74, 6) is -2.99. The molecule has 0 aliphatic carbocycles. The van der Waals surface area contributed by atoms with E-state index in [0.717, 1.165) is 0 Å². The molecule has 1 unspecified atom stereocenters. The number of carboxylic acids is 1. The zero-order valence-electron chi connectivity index (χ0n) is 8.03. The van der Waals surface area contributed by atoms with Crippen LogP contribution in [-0.4, -0.2) is 17.0 Å². The third kappa shape index (κ3) is 3.05. The molecular weight excluding hydrogens is 201 g/mol. The number of carbonyl (C=O) groups excluding carboxylic acids is 1. The highest BCUT2D eigenvalue weighted by atomic mass is 19.1. The van der Waals surface area contributed by atoms with Crippen molar-refractivity contribution in [3.8, 4) is 0 Å². The lowest BCUT2D eigenvalue weighted by Gasteiger charge is -2.12. The average molecular weight is 211 g/mol. The minimum Gasteiger partial charge on any atom is -0.474 e. The van der Waals surface area contributed by atoms with Gasteiger partial charge in [0.15, 0.2) is 0 Å². The van der Waals surface area contributed by atoms with Gasteiger partial charge >= 0.3 is 11.9 Å². The van der Waals surface area contributed by atoms with Gasteiger partial charge in [0, 0.05) is 0 Å². The quantitative estimate of drug-likeness (QED) is 0.719. The molecule has 0 heterocycles. The summed E-state index contributed by atoms with van der Waals surface area (Å²) in [7, 11) is 0. The lowest BCUT2D eigenvalue weighted by atomic mass is 10.1. The Bertz CT molecular complexity index is 375. The number of carbonyl (C=O) groups is 2. The lowest BCUT2D eigenvalue weighted by Crippen LogP contribution is -2.32. The Morgan fingerprint density at radius 2 is 1.87 bits per heavy atom. The summed E-state index contributed by atoms with van der Waals surface area (Å²) in [6, 6.07) is 5.01. The molecule has 15 heavy (non-hydrogen) atoms. The molecule has 1 rings (SSSR count). The first-order valence-electron chi connectivity index (χ1n) is 4.30. The maximum atomic E-state index is 12.6. The Hall–Kier alpha value is -1.91. The van der Waals surface area contributed by atoms with Crippen LogP contribution in [0.15, 0.2) is 24.3 Å². The smallest absolute Gasteiger partial charge is 0.394 e. The molecule has 2 N–H and O–H groups in total. The zero-order chi connectivity index (χ0) is 11.4. The molecule has 1 aromatic rings. The number of nitrogens with one attached hydrogen (secondary N) is 1. The van der Waals surface area contributed by atoms with E-state index in [1.807, 2.05) is 0 Å². The van der Waals surface area contributed by atoms with Crippen molar-refractivity contribution in [2.45, 2.75) is 13.0 Å². The minimum absolute atomic E-state index is 0.379. The fraction of sp³-hybridized carbons (Fsp3) is 0.200. The molecule has 1 amide bonds. The van der Waals surface area contributed by atoms with Crippen LogP contribution in [0.2, 0.25) is 0 Å². The Labute approximate surface area is 85.7 Å². The molecule has 0 saturated heterocycles. The van der Waals surface area contributed by atoms with Gasteiger partial charge in [-0.15, -0.1) is 0 Å². The average Bonchev–Trinajstić information content (AvgIpc) is 2.18. The molecule has 5 heteroatoms. The molecule has 1 aromatic carbocycles. The minimum atomic E-state index is -1.54. The van der Waals surface area contributed by atoms with Crippen LogP contribution in [0.25, 0.3) is 0 Å². The number of hydrogen-bond acceptors (Lipinski definition) is 2. The van der Waals surface area contributed by atoms with E-state index in [1.165, 1.54) is 24.3 Å². The molecule has 0 aliphatic rings. The Morgan fingerprint density at radius 1 is 1.33 bits per heavy atom. The summed E-state index contributed by atoms with van der Waals surface area (Å²) in [5.41, 5.74) is 0.644. The molecule has 1 atom stereocenters. The predicted octanol–water partition coefficient (Wildman–Crippen LogP) is 1.09. The van der Waals surface area contributed by atoms with Crippen LogP contribution in [0.3, 0.4) is 0 Å². The second-order valence-electron chi connectivity index (χ2n) is 3.05. The summed E-state index contributed by atoms with van der Waals surface area (Å²) in [5, 5.41) is 10.6. The van der Waals surface area contributed by atoms with Crippen molar-refractivity contribution in [1.82, 2.24) is 5.32 Å². The highest BCUT2D eigenvalue weighted by Gasteiger charge is 2.15. The van der Waals surface area contributed by atoms with E-state index in [4.69, 9.17) is 5.11 Å². The van der Waals surface area contributed by atoms with Gasteiger partial charge in [-0.2, -0.15) is 0 Å². The van der Waals surface area contributed by atoms with E-state index in [-0.39, 0.29) is 5.82 Å². The van der Waals surface area contributed by atoms with Crippen LogP contribution < -0.4 is 5.32 Å². The standard InChI is InChI=1S/C10H10FNO3/c1-6(12-9(13)10(14)15)7-2-4-8(11)5-3-7/h2-6H,1H3,(H,12,13)(H,14,15). The van der Waals surface area contributed by atoms with Crippen LogP contribution in [0.4, 0.5) is 4.39 Å². The number of benzene rings is 1. The first kappa shape index (κ1) is 11.2. The van der Waals surface area contributed by atoms with E-state index in [2.05, 4.69) is 5.32 Å². The number of aliphatic carboxylic acids is 1. The number of carboxylic acid groups (broad SMARTS) is 1. The number of amides is 1. The molecular formula is C10H10FNO3. The molecule has 0 saturated carbocycles. The third-order valence-corrected chi connectivity index (χ3v) is 1.91. The summed E-state index contributed by atoms with van der Waals surface area (Å²) >= 11 is 0. The van der Waals surface area contributed by atoms with E-state index < -0.39 is 17.9 Å². The summed E-state index contributed by atoms with van der Waals surface area (Å²) in [4.78, 5) is 21.1. The first-order chi connectivity index (χ1) is 7.00. The largest absolute Gasteiger partial charge is 0.474 e. The monoisotopic (exact) mass is 211 g/mol. The van der Waals surface area contributed by atoms with Gasteiger partial charge in [0.05, 0.1) is 6.04 Å². The van der Waals surface area contributed by atoms with Crippen molar-refractivity contribution in [2.75, 3.05) is 0 Å². The lowest BCUT2D eigenvalue weighted by molar-refractivity contribution is -0.150. The van der Waals surface area contributed by atoms with Crippen molar-refractivity contribution >= 4 is 11.9 Å². The van der Waals surface area contributed by atoms with Crippen molar-refractivity contribution in [3.05, 3.63) is 35.6 Å². The molecule has 0 fully saturated rings. The van der Waals surface area contributed by atoms with Gasteiger partial charge in [-0.3, -0.25) is 4.79 Å². The van der Waals surface area contributed by atoms with Gasteiger partial charge in [0.1, 0.15) is 5.82 Å². The maximum Gasteiger partial charge on any atom is 0.394 e. The number of hydrogen-bond donors (Lipinski definition) is 2.